The van der Waals surface area contributed by atoms with E-state index in [1.807, 2.05) is 12.3 Å². The van der Waals surface area contributed by atoms with E-state index in [1.165, 1.54) is 4.57 Å². The molecule has 0 saturated heterocycles. The smallest absolute Gasteiger partial charge is 0.408 e. The second-order valence-corrected chi connectivity index (χ2v) is 6.80. The minimum absolute atomic E-state index is 0.0103. The summed E-state index contributed by atoms with van der Waals surface area (Å²) in [5.74, 6) is -0.321. The van der Waals surface area contributed by atoms with Gasteiger partial charge in [0.1, 0.15) is 25.0 Å². The Morgan fingerprint density at radius 2 is 2.00 bits per heavy atom. The minimum Gasteiger partial charge on any atom is -0.475 e. The third-order valence-electron chi connectivity index (χ3n) is 4.70. The fourth-order valence-electron chi connectivity index (χ4n) is 3.15. The third-order valence-corrected chi connectivity index (χ3v) is 4.70. The van der Waals surface area contributed by atoms with Gasteiger partial charge in [-0.15, -0.1) is 0 Å². The van der Waals surface area contributed by atoms with E-state index in [2.05, 4.69) is 20.3 Å². The number of rotatable bonds is 7. The van der Waals surface area contributed by atoms with Crippen LogP contribution < -0.4 is 10.1 Å². The molecule has 3 N–H and O–H groups in total. The van der Waals surface area contributed by atoms with Crippen molar-refractivity contribution in [2.45, 2.75) is 25.9 Å². The molecule has 0 radical (unpaired) electrons. The number of anilines is 1. The van der Waals surface area contributed by atoms with Crippen LogP contribution in [-0.4, -0.2) is 59.6 Å². The fourth-order valence-corrected chi connectivity index (χ4v) is 3.15. The average molecular weight is 436 g/mol. The van der Waals surface area contributed by atoms with Crippen molar-refractivity contribution in [1.82, 2.24) is 23.9 Å². The molecule has 0 spiro atoms. The van der Waals surface area contributed by atoms with Crippen molar-refractivity contribution in [2.24, 2.45) is 0 Å². The first-order chi connectivity index (χ1) is 14.8. The van der Waals surface area contributed by atoms with Gasteiger partial charge in [0, 0.05) is 35.9 Å². The molecule has 4 heterocycles. The van der Waals surface area contributed by atoms with E-state index in [1.54, 1.807) is 29.1 Å². The highest BCUT2D eigenvalue weighted by Crippen LogP contribution is 2.36. The molecular formula is C19H19F3N6O3. The van der Waals surface area contributed by atoms with E-state index in [4.69, 9.17) is 9.84 Å². The van der Waals surface area contributed by atoms with Gasteiger partial charge in [-0.3, -0.25) is 0 Å². The van der Waals surface area contributed by atoms with Crippen molar-refractivity contribution in [3.63, 3.8) is 0 Å². The van der Waals surface area contributed by atoms with Crippen LogP contribution in [0, 0.1) is 0 Å². The summed E-state index contributed by atoms with van der Waals surface area (Å²) in [5.41, 5.74) is 2.24. The number of imidazole rings is 1. The summed E-state index contributed by atoms with van der Waals surface area (Å²) in [5, 5.41) is 21.6. The number of alkyl halides is 3. The molecule has 4 aromatic rings. The molecule has 9 nitrogen and oxygen atoms in total. The molecule has 0 aliphatic rings. The van der Waals surface area contributed by atoms with Gasteiger partial charge in [-0.25, -0.2) is 4.98 Å². The molecule has 0 aromatic carbocycles. The van der Waals surface area contributed by atoms with Crippen LogP contribution in [0.3, 0.4) is 0 Å². The van der Waals surface area contributed by atoms with E-state index in [-0.39, 0.29) is 30.7 Å². The highest BCUT2D eigenvalue weighted by Gasteiger charge is 2.36. The second-order valence-electron chi connectivity index (χ2n) is 6.80. The topological polar surface area (TPSA) is 110 Å². The van der Waals surface area contributed by atoms with Crippen LogP contribution in [0.2, 0.25) is 0 Å². The quantitative estimate of drug-likeness (QED) is 0.408. The number of aliphatic hydroxyl groups excluding tert-OH is 2. The van der Waals surface area contributed by atoms with Crippen molar-refractivity contribution >= 4 is 22.6 Å². The van der Waals surface area contributed by atoms with Gasteiger partial charge in [-0.2, -0.15) is 23.1 Å². The van der Waals surface area contributed by atoms with Gasteiger partial charge >= 0.3 is 6.18 Å². The Hall–Kier alpha value is -3.38. The predicted octanol–water partition coefficient (Wildman–Crippen LogP) is 2.43. The predicted molar refractivity (Wildman–Crippen MR) is 106 cm³/mol. The maximum absolute atomic E-state index is 13.0. The Morgan fingerprint density at radius 3 is 2.71 bits per heavy atom. The summed E-state index contributed by atoms with van der Waals surface area (Å²) >= 11 is 0. The zero-order valence-electron chi connectivity index (χ0n) is 16.3. The zero-order valence-corrected chi connectivity index (χ0v) is 16.3. The lowest BCUT2D eigenvalue weighted by molar-refractivity contribution is -0.138. The van der Waals surface area contributed by atoms with Crippen molar-refractivity contribution in [2.75, 3.05) is 18.5 Å². The van der Waals surface area contributed by atoms with E-state index in [0.717, 1.165) is 18.1 Å². The first-order valence-electron chi connectivity index (χ1n) is 9.33. The monoisotopic (exact) mass is 436 g/mol. The number of nitrogens with one attached hydrogen (secondary N) is 1. The minimum atomic E-state index is -4.51. The van der Waals surface area contributed by atoms with Crippen molar-refractivity contribution in [1.29, 1.82) is 0 Å². The SMILES string of the molecule is C[C@@H](Nc1nc(OCCO)c2c(-c3ccc4nccn4c3)cn(CO)c2n1)C(F)(F)F. The molecule has 12 heteroatoms. The molecule has 4 aromatic heterocycles. The van der Waals surface area contributed by atoms with Gasteiger partial charge in [0.25, 0.3) is 0 Å². The Balaban J connectivity index is 1.89. The number of aliphatic hydroxyl groups is 2. The summed E-state index contributed by atoms with van der Waals surface area (Å²) in [6.07, 6.45) is 2.33. The molecule has 0 saturated carbocycles. The zero-order chi connectivity index (χ0) is 22.2. The van der Waals surface area contributed by atoms with Gasteiger partial charge in [-0.1, -0.05) is 0 Å². The molecule has 4 rings (SSSR count). The second kappa shape index (κ2) is 8.04. The molecule has 0 amide bonds. The Kier molecular flexibility index (Phi) is 5.41. The average Bonchev–Trinajstić information content (AvgIpc) is 3.35. The summed E-state index contributed by atoms with van der Waals surface area (Å²) in [7, 11) is 0. The van der Waals surface area contributed by atoms with Gasteiger partial charge in [0.15, 0.2) is 5.65 Å². The van der Waals surface area contributed by atoms with Crippen LogP contribution in [0.15, 0.2) is 36.9 Å². The van der Waals surface area contributed by atoms with Crippen LogP contribution in [-0.2, 0) is 6.73 Å². The molecule has 0 aliphatic heterocycles. The maximum Gasteiger partial charge on any atom is 0.408 e. The summed E-state index contributed by atoms with van der Waals surface area (Å²) in [6.45, 7) is 0.0438. The van der Waals surface area contributed by atoms with Crippen molar-refractivity contribution < 1.29 is 28.1 Å². The van der Waals surface area contributed by atoms with Gasteiger partial charge < -0.3 is 29.2 Å². The number of nitrogens with zero attached hydrogens (tertiary/aromatic N) is 5. The van der Waals surface area contributed by atoms with Crippen LogP contribution in [0.5, 0.6) is 5.88 Å². The molecular weight excluding hydrogens is 417 g/mol. The Labute approximate surface area is 173 Å². The molecule has 1 atom stereocenters. The number of pyridine rings is 1. The summed E-state index contributed by atoms with van der Waals surface area (Å²) in [4.78, 5) is 12.5. The molecule has 0 unspecified atom stereocenters. The lowest BCUT2D eigenvalue weighted by Gasteiger charge is -2.18. The van der Waals surface area contributed by atoms with Gasteiger partial charge in [0.05, 0.1) is 12.0 Å². The third kappa shape index (κ3) is 3.99. The lowest BCUT2D eigenvalue weighted by atomic mass is 10.1. The molecule has 164 valence electrons. The Morgan fingerprint density at radius 1 is 1.19 bits per heavy atom. The van der Waals surface area contributed by atoms with Crippen LogP contribution >= 0.6 is 0 Å². The normalized spacial score (nSPS) is 13.1. The van der Waals surface area contributed by atoms with Crippen LogP contribution in [0.4, 0.5) is 19.1 Å². The first-order valence-corrected chi connectivity index (χ1v) is 9.33. The van der Waals surface area contributed by atoms with Crippen molar-refractivity contribution in [3.05, 3.63) is 36.9 Å². The molecule has 0 fully saturated rings. The standard InChI is InChI=1S/C19H19F3N6O3/c1-11(19(20,21)22)24-18-25-16-15(17(26-18)31-7-6-29)13(9-28(16)10-30)12-2-3-14-23-4-5-27(14)8-12/h2-5,8-9,11,29-30H,6-7,10H2,1H3,(H,24,25,26)/t11-/m1/s1. The van der Waals surface area contributed by atoms with E-state index < -0.39 is 18.9 Å². The number of aromatic nitrogens is 5. The van der Waals surface area contributed by atoms with Gasteiger partial charge in [0.2, 0.25) is 11.8 Å². The number of hydrogen-bond acceptors (Lipinski definition) is 7. The number of fused-ring (bicyclic) bond motifs is 2. The van der Waals surface area contributed by atoms with E-state index in [0.29, 0.717) is 10.9 Å². The number of halogens is 3. The Bertz CT molecular complexity index is 1220. The fraction of sp³-hybridized carbons (Fsp3) is 0.316. The van der Waals surface area contributed by atoms with Crippen molar-refractivity contribution in [3.8, 4) is 17.0 Å². The number of ether oxygens (including phenoxy) is 1. The molecule has 31 heavy (non-hydrogen) atoms. The molecule has 0 aliphatic carbocycles. The highest BCUT2D eigenvalue weighted by molar-refractivity contribution is 5.98. The van der Waals surface area contributed by atoms with E-state index in [9.17, 15) is 18.3 Å². The van der Waals surface area contributed by atoms with Crippen LogP contribution in [0.1, 0.15) is 6.92 Å². The highest BCUT2D eigenvalue weighted by atomic mass is 19.4. The molecule has 0 bridgehead atoms. The maximum atomic E-state index is 13.0. The summed E-state index contributed by atoms with van der Waals surface area (Å²) in [6, 6.07) is 1.70. The number of hydrogen-bond donors (Lipinski definition) is 3. The van der Waals surface area contributed by atoms with Gasteiger partial charge in [-0.05, 0) is 19.1 Å². The first kappa shape index (κ1) is 20.9. The van der Waals surface area contributed by atoms with E-state index >= 15 is 0 Å². The largest absolute Gasteiger partial charge is 0.475 e. The lowest BCUT2D eigenvalue weighted by Crippen LogP contribution is -2.33. The van der Waals surface area contributed by atoms with Crippen LogP contribution in [0.25, 0.3) is 27.8 Å². The summed E-state index contributed by atoms with van der Waals surface area (Å²) < 4.78 is 47.7.